The molecule has 0 bridgehead atoms. The van der Waals surface area contributed by atoms with Crippen LogP contribution in [0.1, 0.15) is 81.1 Å². The van der Waals surface area contributed by atoms with Crippen molar-refractivity contribution in [1.82, 2.24) is 21.3 Å². The van der Waals surface area contributed by atoms with Gasteiger partial charge in [-0.15, -0.1) is 0 Å². The summed E-state index contributed by atoms with van der Waals surface area (Å²) in [7, 11) is 0. The molecule has 5 atom stereocenters. The molecule has 0 rings (SSSR count). The van der Waals surface area contributed by atoms with Gasteiger partial charge in [0.15, 0.2) is 0 Å². The van der Waals surface area contributed by atoms with Gasteiger partial charge in [0, 0.05) is 0 Å². The highest BCUT2D eigenvalue weighted by Gasteiger charge is 2.32. The minimum absolute atomic E-state index is 0.00167. The van der Waals surface area contributed by atoms with Gasteiger partial charge in [-0.05, 0) is 49.4 Å². The zero-order valence-electron chi connectivity index (χ0n) is 24.7. The lowest BCUT2D eigenvalue weighted by Gasteiger charge is -2.28. The van der Waals surface area contributed by atoms with Gasteiger partial charge in [0.05, 0.1) is 12.6 Å². The first-order valence-corrected chi connectivity index (χ1v) is 13.8. The summed E-state index contributed by atoms with van der Waals surface area (Å²) in [5.74, 6) is -3.52. The van der Waals surface area contributed by atoms with Crippen LogP contribution in [0.25, 0.3) is 0 Å². The number of aliphatic carboxylic acids is 1. The quantitative estimate of drug-likeness (QED) is 0.126. The maximum absolute atomic E-state index is 13.3. The Morgan fingerprint density at radius 3 is 1.08 bits per heavy atom. The van der Waals surface area contributed by atoms with E-state index in [2.05, 4.69) is 21.3 Å². The Bertz CT molecular complexity index is 816. The van der Waals surface area contributed by atoms with E-state index in [0.717, 1.165) is 0 Å². The van der Waals surface area contributed by atoms with Gasteiger partial charge in [-0.2, -0.15) is 0 Å². The number of carboxylic acid groups (broad SMARTS) is 1. The third-order valence-corrected chi connectivity index (χ3v) is 5.88. The van der Waals surface area contributed by atoms with Crippen molar-refractivity contribution in [3.05, 3.63) is 0 Å². The molecule has 12 heteroatoms. The summed E-state index contributed by atoms with van der Waals surface area (Å²) in [6.07, 6.45) is 1.26. The smallest absolute Gasteiger partial charge is 0.328 e. The normalized spacial score (nSPS) is 15.4. The molecule has 0 aliphatic carbocycles. The number of aliphatic hydroxyl groups excluding tert-OH is 1. The molecule has 0 fully saturated rings. The Balaban J connectivity index is 5.79. The number of amides is 4. The lowest BCUT2D eigenvalue weighted by atomic mass is 9.98. The van der Waals surface area contributed by atoms with Crippen molar-refractivity contribution in [3.63, 3.8) is 0 Å². The van der Waals surface area contributed by atoms with Gasteiger partial charge >= 0.3 is 5.97 Å². The molecule has 39 heavy (non-hydrogen) atoms. The molecule has 0 aliphatic heterocycles. The molecule has 0 aromatic heterocycles. The van der Waals surface area contributed by atoms with Crippen molar-refractivity contribution in [2.24, 2.45) is 29.4 Å². The molecule has 0 unspecified atom stereocenters. The first-order valence-electron chi connectivity index (χ1n) is 13.8. The number of hydrogen-bond donors (Lipinski definition) is 7. The number of carbonyl (C=O) groups is 5. The van der Waals surface area contributed by atoms with Crippen LogP contribution in [-0.2, 0) is 24.0 Å². The molecule has 0 saturated heterocycles. The van der Waals surface area contributed by atoms with Crippen molar-refractivity contribution in [2.45, 2.75) is 111 Å². The van der Waals surface area contributed by atoms with Crippen LogP contribution in [0, 0.1) is 23.7 Å². The molecular formula is C27H51N5O7. The van der Waals surface area contributed by atoms with Gasteiger partial charge in [0.2, 0.25) is 23.6 Å². The number of nitrogens with two attached hydrogens (primary N) is 1. The third kappa shape index (κ3) is 14.9. The van der Waals surface area contributed by atoms with Crippen LogP contribution >= 0.6 is 0 Å². The number of aliphatic hydroxyl groups is 1. The van der Waals surface area contributed by atoms with E-state index >= 15 is 0 Å². The minimum atomic E-state index is -1.52. The van der Waals surface area contributed by atoms with Gasteiger partial charge in [-0.1, -0.05) is 55.4 Å². The van der Waals surface area contributed by atoms with Crippen LogP contribution in [0.15, 0.2) is 0 Å². The lowest BCUT2D eigenvalue weighted by molar-refractivity contribution is -0.143. The van der Waals surface area contributed by atoms with Gasteiger partial charge in [-0.25, -0.2) is 4.79 Å². The summed E-state index contributed by atoms with van der Waals surface area (Å²) >= 11 is 0. The number of nitrogens with one attached hydrogen (secondary N) is 4. The molecule has 0 saturated carbocycles. The molecular weight excluding hydrogens is 506 g/mol. The maximum Gasteiger partial charge on any atom is 0.328 e. The lowest BCUT2D eigenvalue weighted by Crippen LogP contribution is -2.59. The first-order chi connectivity index (χ1) is 18.0. The van der Waals surface area contributed by atoms with Gasteiger partial charge < -0.3 is 37.2 Å². The average Bonchev–Trinajstić information content (AvgIpc) is 2.79. The first kappa shape index (κ1) is 36.3. The standard InChI is InChI=1S/C27H51N5O7/c1-14(2)9-18(28)23(34)29-19(10-15(3)4)24(35)30-20(11-16(5)6)25(36)31-21(12-17(7)8)26(37)32-22(13-33)27(38)39/h14-22,33H,9-13,28H2,1-8H3,(H,29,34)(H,30,35)(H,31,36)(H,32,37)(H,38,39)/t18-,19-,20-,21-,22-/m0/s1. The molecule has 0 aromatic carbocycles. The summed E-state index contributed by atoms with van der Waals surface area (Å²) in [5, 5.41) is 28.8. The molecule has 4 amide bonds. The van der Waals surface area contributed by atoms with Crippen molar-refractivity contribution in [3.8, 4) is 0 Å². The molecule has 0 radical (unpaired) electrons. The van der Waals surface area contributed by atoms with Crippen LogP contribution in [-0.4, -0.2) is 76.6 Å². The maximum atomic E-state index is 13.3. The second-order valence-corrected chi connectivity index (χ2v) is 11.9. The number of rotatable bonds is 18. The van der Waals surface area contributed by atoms with E-state index in [4.69, 9.17) is 10.8 Å². The van der Waals surface area contributed by atoms with Crippen LogP contribution in [0.3, 0.4) is 0 Å². The topological polar surface area (TPSA) is 200 Å². The van der Waals surface area contributed by atoms with E-state index in [1.165, 1.54) is 0 Å². The van der Waals surface area contributed by atoms with Crippen molar-refractivity contribution >= 4 is 29.6 Å². The van der Waals surface area contributed by atoms with E-state index in [1.807, 2.05) is 55.4 Å². The predicted molar refractivity (Wildman–Crippen MR) is 148 cm³/mol. The fourth-order valence-electron chi connectivity index (χ4n) is 4.00. The van der Waals surface area contributed by atoms with Crippen molar-refractivity contribution in [2.75, 3.05) is 6.61 Å². The highest BCUT2D eigenvalue weighted by atomic mass is 16.4. The third-order valence-electron chi connectivity index (χ3n) is 5.88. The van der Waals surface area contributed by atoms with E-state index < -0.39 is 66.4 Å². The molecule has 0 spiro atoms. The molecule has 12 nitrogen and oxygen atoms in total. The molecule has 8 N–H and O–H groups in total. The van der Waals surface area contributed by atoms with Gasteiger partial charge in [-0.3, -0.25) is 19.2 Å². The average molecular weight is 558 g/mol. The fourth-order valence-corrected chi connectivity index (χ4v) is 4.00. The van der Waals surface area contributed by atoms with Crippen LogP contribution in [0.2, 0.25) is 0 Å². The van der Waals surface area contributed by atoms with Crippen LogP contribution < -0.4 is 27.0 Å². The van der Waals surface area contributed by atoms with E-state index in [0.29, 0.717) is 12.8 Å². The largest absolute Gasteiger partial charge is 0.480 e. The summed E-state index contributed by atoms with van der Waals surface area (Å²) in [6, 6.07) is -5.29. The number of hydrogen-bond acceptors (Lipinski definition) is 7. The monoisotopic (exact) mass is 557 g/mol. The predicted octanol–water partition coefficient (Wildman–Crippen LogP) is 0.514. The van der Waals surface area contributed by atoms with Crippen molar-refractivity contribution < 1.29 is 34.2 Å². The minimum Gasteiger partial charge on any atom is -0.480 e. The van der Waals surface area contributed by atoms with E-state index in [1.54, 1.807) is 0 Å². The summed E-state index contributed by atoms with van der Waals surface area (Å²) in [6.45, 7) is 14.3. The fraction of sp³-hybridized carbons (Fsp3) is 0.815. The zero-order chi connectivity index (χ0) is 30.4. The molecule has 0 heterocycles. The van der Waals surface area contributed by atoms with E-state index in [9.17, 15) is 29.1 Å². The number of carboxylic acids is 1. The highest BCUT2D eigenvalue weighted by molar-refractivity contribution is 5.95. The Hall–Kier alpha value is -2.73. The van der Waals surface area contributed by atoms with E-state index in [-0.39, 0.29) is 36.5 Å². The second kappa shape index (κ2) is 17.8. The zero-order valence-corrected chi connectivity index (χ0v) is 24.7. The van der Waals surface area contributed by atoms with Crippen LogP contribution in [0.5, 0.6) is 0 Å². The van der Waals surface area contributed by atoms with Crippen LogP contribution in [0.4, 0.5) is 0 Å². The highest BCUT2D eigenvalue weighted by Crippen LogP contribution is 2.12. The van der Waals surface area contributed by atoms with Crippen molar-refractivity contribution in [1.29, 1.82) is 0 Å². The molecule has 0 aliphatic rings. The molecule has 0 aromatic rings. The SMILES string of the molecule is CC(C)C[C@H](NC(=O)[C@H](CC(C)C)NC(=O)[C@H](CC(C)C)NC(=O)[C@@H](N)CC(C)C)C(=O)N[C@@H](CO)C(=O)O. The Kier molecular flexibility index (Phi) is 16.5. The Morgan fingerprint density at radius 2 is 0.821 bits per heavy atom. The molecule has 226 valence electrons. The Labute approximate surface area is 232 Å². The summed E-state index contributed by atoms with van der Waals surface area (Å²) in [5.41, 5.74) is 6.00. The number of carbonyl (C=O) groups excluding carboxylic acids is 4. The van der Waals surface area contributed by atoms with Gasteiger partial charge in [0.1, 0.15) is 24.2 Å². The summed E-state index contributed by atoms with van der Waals surface area (Å²) < 4.78 is 0. The summed E-state index contributed by atoms with van der Waals surface area (Å²) in [4.78, 5) is 63.3. The Morgan fingerprint density at radius 1 is 0.538 bits per heavy atom. The van der Waals surface area contributed by atoms with Gasteiger partial charge in [0.25, 0.3) is 0 Å². The second-order valence-electron chi connectivity index (χ2n) is 11.9.